The minimum atomic E-state index is -0.231. The first-order valence-electron chi connectivity index (χ1n) is 6.71. The molecule has 1 unspecified atom stereocenters. The van der Waals surface area contributed by atoms with Crippen molar-refractivity contribution in [1.29, 1.82) is 0 Å². The van der Waals surface area contributed by atoms with E-state index in [0.717, 1.165) is 12.8 Å². The largest absolute Gasteiger partial charge is 0.450 e. The van der Waals surface area contributed by atoms with Gasteiger partial charge in [0.15, 0.2) is 0 Å². The second-order valence-corrected chi connectivity index (χ2v) is 4.82. The predicted octanol–water partition coefficient (Wildman–Crippen LogP) is 0.722. The van der Waals surface area contributed by atoms with Gasteiger partial charge < -0.3 is 25.9 Å². The van der Waals surface area contributed by atoms with Crippen molar-refractivity contribution in [1.82, 2.24) is 10.2 Å². The van der Waals surface area contributed by atoms with Crippen LogP contribution in [0.25, 0.3) is 0 Å². The maximum atomic E-state index is 11.5. The third-order valence-corrected chi connectivity index (χ3v) is 3.18. The van der Waals surface area contributed by atoms with Crippen molar-refractivity contribution in [3.05, 3.63) is 0 Å². The molecule has 7 heteroatoms. The van der Waals surface area contributed by atoms with E-state index in [9.17, 15) is 4.79 Å². The number of amidine groups is 1. The Hall–Kier alpha value is -1.50. The van der Waals surface area contributed by atoms with Crippen molar-refractivity contribution in [3.8, 4) is 0 Å². The van der Waals surface area contributed by atoms with Gasteiger partial charge in [-0.1, -0.05) is 5.16 Å². The van der Waals surface area contributed by atoms with E-state index in [1.165, 1.54) is 0 Å². The number of nitrogens with zero attached hydrogens (tertiary/aromatic N) is 2. The van der Waals surface area contributed by atoms with Gasteiger partial charge in [-0.15, -0.1) is 0 Å². The van der Waals surface area contributed by atoms with Gasteiger partial charge in [0, 0.05) is 31.6 Å². The molecule has 7 nitrogen and oxygen atoms in total. The molecule has 4 N–H and O–H groups in total. The van der Waals surface area contributed by atoms with Gasteiger partial charge in [0.2, 0.25) is 0 Å². The van der Waals surface area contributed by atoms with Crippen molar-refractivity contribution in [3.63, 3.8) is 0 Å². The topological polar surface area (TPSA) is 100 Å². The normalized spacial score (nSPS) is 19.3. The molecule has 1 amide bonds. The Morgan fingerprint density at radius 2 is 2.21 bits per heavy atom. The molecule has 1 aliphatic rings. The summed E-state index contributed by atoms with van der Waals surface area (Å²) in [6, 6.07) is 0.502. The lowest BCUT2D eigenvalue weighted by Crippen LogP contribution is -2.47. The Kier molecular flexibility index (Phi) is 6.41. The molecule has 1 atom stereocenters. The van der Waals surface area contributed by atoms with Crippen LogP contribution in [0.15, 0.2) is 5.16 Å². The second-order valence-electron chi connectivity index (χ2n) is 4.82. The van der Waals surface area contributed by atoms with Gasteiger partial charge in [0.25, 0.3) is 0 Å². The smallest absolute Gasteiger partial charge is 0.409 e. The number of carbonyl (C=O) groups is 1. The fraction of sp³-hybridized carbons (Fsp3) is 0.833. The van der Waals surface area contributed by atoms with E-state index < -0.39 is 0 Å². The molecule has 0 aromatic carbocycles. The van der Waals surface area contributed by atoms with Crippen LogP contribution in [-0.2, 0) is 4.74 Å². The van der Waals surface area contributed by atoms with Crippen LogP contribution < -0.4 is 11.1 Å². The zero-order chi connectivity index (χ0) is 14.3. The Bertz CT molecular complexity index is 314. The Morgan fingerprint density at radius 3 is 2.74 bits per heavy atom. The van der Waals surface area contributed by atoms with Crippen molar-refractivity contribution >= 4 is 11.9 Å². The molecule has 0 spiro atoms. The molecule has 0 radical (unpaired) electrons. The van der Waals surface area contributed by atoms with E-state index in [-0.39, 0.29) is 18.0 Å². The molecule has 110 valence electrons. The summed E-state index contributed by atoms with van der Waals surface area (Å²) in [5.41, 5.74) is 5.46. The third kappa shape index (κ3) is 5.34. The number of piperidine rings is 1. The first-order chi connectivity index (χ1) is 9.06. The van der Waals surface area contributed by atoms with Crippen LogP contribution in [0.3, 0.4) is 0 Å². The maximum Gasteiger partial charge on any atom is 0.409 e. The van der Waals surface area contributed by atoms with Gasteiger partial charge in [-0.3, -0.25) is 0 Å². The monoisotopic (exact) mass is 272 g/mol. The van der Waals surface area contributed by atoms with E-state index in [0.29, 0.717) is 32.2 Å². The second kappa shape index (κ2) is 7.83. The molecule has 1 aliphatic heterocycles. The average molecular weight is 272 g/mol. The summed E-state index contributed by atoms with van der Waals surface area (Å²) >= 11 is 0. The van der Waals surface area contributed by atoms with E-state index in [1.807, 2.05) is 6.92 Å². The molecule has 0 bridgehead atoms. The van der Waals surface area contributed by atoms with E-state index in [1.54, 1.807) is 11.8 Å². The van der Waals surface area contributed by atoms with E-state index in [4.69, 9.17) is 15.7 Å². The molecule has 1 heterocycles. The Labute approximate surface area is 113 Å². The lowest BCUT2D eigenvalue weighted by Gasteiger charge is -2.33. The average Bonchev–Trinajstić information content (AvgIpc) is 2.39. The molecule has 19 heavy (non-hydrogen) atoms. The highest BCUT2D eigenvalue weighted by molar-refractivity contribution is 5.80. The number of hydrogen-bond acceptors (Lipinski definition) is 5. The van der Waals surface area contributed by atoms with Crippen molar-refractivity contribution in [2.24, 2.45) is 10.9 Å². The lowest BCUT2D eigenvalue weighted by atomic mass is 10.0. The summed E-state index contributed by atoms with van der Waals surface area (Å²) in [6.45, 7) is 5.62. The van der Waals surface area contributed by atoms with E-state index >= 15 is 0 Å². The minimum Gasteiger partial charge on any atom is -0.450 e. The lowest BCUT2D eigenvalue weighted by molar-refractivity contribution is 0.0944. The Morgan fingerprint density at radius 1 is 1.58 bits per heavy atom. The van der Waals surface area contributed by atoms with Crippen LogP contribution in [-0.4, -0.2) is 53.8 Å². The minimum absolute atomic E-state index is 0.148. The number of oxime groups is 1. The van der Waals surface area contributed by atoms with Crippen molar-refractivity contribution in [2.75, 3.05) is 19.7 Å². The molecular weight excluding hydrogens is 248 g/mol. The zero-order valence-electron chi connectivity index (χ0n) is 11.6. The summed E-state index contributed by atoms with van der Waals surface area (Å²) in [6.07, 6.45) is 2.05. The SMILES string of the molecule is CCOC(=O)N1CCC(NC(C)CC(N)=NO)CC1. The first-order valence-corrected chi connectivity index (χ1v) is 6.71. The summed E-state index contributed by atoms with van der Waals surface area (Å²) in [7, 11) is 0. The van der Waals surface area contributed by atoms with E-state index in [2.05, 4.69) is 10.5 Å². The van der Waals surface area contributed by atoms with Gasteiger partial charge in [0.05, 0.1) is 6.61 Å². The molecule has 0 aromatic rings. The van der Waals surface area contributed by atoms with Gasteiger partial charge >= 0.3 is 6.09 Å². The van der Waals surface area contributed by atoms with Gasteiger partial charge in [-0.05, 0) is 26.7 Å². The molecule has 1 rings (SSSR count). The predicted molar refractivity (Wildman–Crippen MR) is 72.2 cm³/mol. The number of nitrogens with two attached hydrogens (primary N) is 1. The number of ether oxygens (including phenoxy) is 1. The zero-order valence-corrected chi connectivity index (χ0v) is 11.6. The highest BCUT2D eigenvalue weighted by atomic mass is 16.6. The molecule has 0 aromatic heterocycles. The fourth-order valence-corrected chi connectivity index (χ4v) is 2.26. The number of likely N-dealkylation sites (tertiary alicyclic amines) is 1. The van der Waals surface area contributed by atoms with Crippen molar-refractivity contribution < 1.29 is 14.7 Å². The number of amides is 1. The number of carbonyl (C=O) groups excluding carboxylic acids is 1. The van der Waals surface area contributed by atoms with Crippen LogP contribution in [0.2, 0.25) is 0 Å². The number of hydrogen-bond donors (Lipinski definition) is 3. The fourth-order valence-electron chi connectivity index (χ4n) is 2.26. The van der Waals surface area contributed by atoms with Crippen LogP contribution >= 0.6 is 0 Å². The van der Waals surface area contributed by atoms with Gasteiger partial charge in [0.1, 0.15) is 5.84 Å². The van der Waals surface area contributed by atoms with Crippen LogP contribution in [0, 0.1) is 0 Å². The molecule has 0 saturated carbocycles. The summed E-state index contributed by atoms with van der Waals surface area (Å²) in [5, 5.41) is 14.9. The third-order valence-electron chi connectivity index (χ3n) is 3.18. The van der Waals surface area contributed by atoms with Gasteiger partial charge in [-0.25, -0.2) is 4.79 Å². The molecule has 1 fully saturated rings. The van der Waals surface area contributed by atoms with Gasteiger partial charge in [-0.2, -0.15) is 0 Å². The summed E-state index contributed by atoms with van der Waals surface area (Å²) in [4.78, 5) is 13.3. The van der Waals surface area contributed by atoms with Crippen LogP contribution in [0.1, 0.15) is 33.1 Å². The first kappa shape index (κ1) is 15.6. The number of rotatable bonds is 5. The summed E-state index contributed by atoms with van der Waals surface area (Å²) < 4.78 is 4.97. The highest BCUT2D eigenvalue weighted by Crippen LogP contribution is 2.12. The summed E-state index contributed by atoms with van der Waals surface area (Å²) in [5.74, 6) is 0.226. The maximum absolute atomic E-state index is 11.5. The van der Waals surface area contributed by atoms with Crippen LogP contribution in [0.4, 0.5) is 4.79 Å². The molecule has 1 saturated heterocycles. The van der Waals surface area contributed by atoms with Crippen molar-refractivity contribution in [2.45, 2.75) is 45.2 Å². The molecular formula is C12H24N4O3. The molecule has 0 aliphatic carbocycles. The number of nitrogens with one attached hydrogen (secondary N) is 1. The van der Waals surface area contributed by atoms with Crippen LogP contribution in [0.5, 0.6) is 0 Å². The Balaban J connectivity index is 2.28. The highest BCUT2D eigenvalue weighted by Gasteiger charge is 2.24. The quantitative estimate of drug-likeness (QED) is 0.296. The standard InChI is InChI=1S/C12H24N4O3/c1-3-19-12(17)16-6-4-10(5-7-16)14-9(2)8-11(13)15-18/h9-10,14,18H,3-8H2,1-2H3,(H2,13,15).